The number of thioether (sulfide) groups is 1. The van der Waals surface area contributed by atoms with E-state index in [2.05, 4.69) is 22.4 Å². The number of aromatic nitrogens is 2. The molecule has 0 aliphatic carbocycles. The van der Waals surface area contributed by atoms with Gasteiger partial charge < -0.3 is 10.2 Å². The first-order chi connectivity index (χ1) is 11.6. The number of nitrogens with one attached hydrogen (secondary N) is 1. The summed E-state index contributed by atoms with van der Waals surface area (Å²) in [5, 5.41) is 11.7. The van der Waals surface area contributed by atoms with Crippen LogP contribution in [-0.2, 0) is 4.79 Å². The number of nitrogens with zero attached hydrogens (tertiary/aromatic N) is 3. The lowest BCUT2D eigenvalue weighted by molar-refractivity contribution is -0.131. The Labute approximate surface area is 148 Å². The second kappa shape index (κ2) is 7.94. The third-order valence-electron chi connectivity index (χ3n) is 3.92. The number of rotatable bonds is 5. The molecule has 2 heterocycles. The zero-order valence-electron chi connectivity index (χ0n) is 13.4. The number of hydrogen-bond donors (Lipinski definition) is 1. The van der Waals surface area contributed by atoms with Crippen LogP contribution in [0.1, 0.15) is 26.2 Å². The molecule has 1 aromatic heterocycles. The van der Waals surface area contributed by atoms with Crippen LogP contribution in [0.4, 0.5) is 15.2 Å². The van der Waals surface area contributed by atoms with Gasteiger partial charge in [0.1, 0.15) is 5.82 Å². The van der Waals surface area contributed by atoms with E-state index in [0.717, 1.165) is 23.7 Å². The van der Waals surface area contributed by atoms with E-state index in [-0.39, 0.29) is 11.7 Å². The third-order valence-corrected chi connectivity index (χ3v) is 5.88. The Kier molecular flexibility index (Phi) is 5.68. The highest BCUT2D eigenvalue weighted by molar-refractivity contribution is 8.01. The number of likely N-dealkylation sites (tertiary alicyclic amines) is 1. The highest BCUT2D eigenvalue weighted by Gasteiger charge is 2.23. The summed E-state index contributed by atoms with van der Waals surface area (Å²) in [6.45, 7) is 2.96. The minimum absolute atomic E-state index is 0.155. The van der Waals surface area contributed by atoms with Crippen LogP contribution in [0.25, 0.3) is 0 Å². The molecule has 1 aliphatic heterocycles. The van der Waals surface area contributed by atoms with Crippen LogP contribution in [0.5, 0.6) is 0 Å². The van der Waals surface area contributed by atoms with E-state index in [9.17, 15) is 9.18 Å². The van der Waals surface area contributed by atoms with Gasteiger partial charge in [-0.3, -0.25) is 4.79 Å². The zero-order chi connectivity index (χ0) is 16.9. The first-order valence-corrected chi connectivity index (χ1v) is 9.70. The summed E-state index contributed by atoms with van der Waals surface area (Å²) in [5.41, 5.74) is 0.626. The van der Waals surface area contributed by atoms with Gasteiger partial charge in [-0.1, -0.05) is 29.2 Å². The topological polar surface area (TPSA) is 58.1 Å². The molecular weight excluding hydrogens is 347 g/mol. The Balaban J connectivity index is 1.53. The number of halogens is 1. The summed E-state index contributed by atoms with van der Waals surface area (Å²) in [5.74, 6) is 0.223. The fraction of sp³-hybridized carbons (Fsp3) is 0.438. The van der Waals surface area contributed by atoms with E-state index in [1.807, 2.05) is 4.90 Å². The molecule has 1 N–H and O–H groups in total. The number of carbonyl (C=O) groups is 1. The Bertz CT molecular complexity index is 709. The fourth-order valence-corrected chi connectivity index (χ4v) is 4.34. The van der Waals surface area contributed by atoms with E-state index < -0.39 is 0 Å². The number of piperidine rings is 1. The molecule has 3 rings (SSSR count). The molecule has 0 saturated carbocycles. The Morgan fingerprint density at radius 1 is 1.46 bits per heavy atom. The van der Waals surface area contributed by atoms with Crippen molar-refractivity contribution in [3.05, 3.63) is 30.1 Å². The average molecular weight is 366 g/mol. The van der Waals surface area contributed by atoms with Crippen LogP contribution >= 0.6 is 23.1 Å². The fourth-order valence-electron chi connectivity index (χ4n) is 2.68. The molecule has 0 spiro atoms. The molecule has 1 aromatic carbocycles. The third kappa shape index (κ3) is 4.45. The van der Waals surface area contributed by atoms with Crippen molar-refractivity contribution in [3.8, 4) is 0 Å². The second-order valence-electron chi connectivity index (χ2n) is 5.73. The Morgan fingerprint density at radius 2 is 2.33 bits per heavy atom. The van der Waals surface area contributed by atoms with Crippen molar-refractivity contribution in [2.24, 2.45) is 0 Å². The average Bonchev–Trinajstić information content (AvgIpc) is 3.00. The predicted octanol–water partition coefficient (Wildman–Crippen LogP) is 3.91. The number of anilines is 2. The van der Waals surface area contributed by atoms with Crippen molar-refractivity contribution in [2.45, 2.75) is 36.6 Å². The summed E-state index contributed by atoms with van der Waals surface area (Å²) in [6.07, 6.45) is 3.36. The summed E-state index contributed by atoms with van der Waals surface area (Å²) in [6, 6.07) is 6.51. The van der Waals surface area contributed by atoms with Crippen LogP contribution in [0.15, 0.2) is 28.6 Å². The Hall–Kier alpha value is -1.67. The van der Waals surface area contributed by atoms with Crippen LogP contribution in [0.2, 0.25) is 0 Å². The van der Waals surface area contributed by atoms with Gasteiger partial charge in [0.2, 0.25) is 11.0 Å². The van der Waals surface area contributed by atoms with Crippen molar-refractivity contribution in [1.82, 2.24) is 15.1 Å². The van der Waals surface area contributed by atoms with E-state index in [0.29, 0.717) is 22.6 Å². The predicted molar refractivity (Wildman–Crippen MR) is 95.3 cm³/mol. The SMILES string of the molecule is C[C@H]1CCCCN1C(=O)CSc1nnc(Nc2cccc(F)c2)s1. The molecule has 2 aromatic rings. The molecule has 128 valence electrons. The van der Waals surface area contributed by atoms with E-state index >= 15 is 0 Å². The van der Waals surface area contributed by atoms with Gasteiger partial charge in [0.05, 0.1) is 5.75 Å². The molecule has 1 atom stereocenters. The minimum atomic E-state index is -0.305. The zero-order valence-corrected chi connectivity index (χ0v) is 15.0. The highest BCUT2D eigenvalue weighted by atomic mass is 32.2. The van der Waals surface area contributed by atoms with E-state index in [1.54, 1.807) is 12.1 Å². The molecule has 0 bridgehead atoms. The van der Waals surface area contributed by atoms with Gasteiger partial charge in [-0.05, 0) is 44.4 Å². The van der Waals surface area contributed by atoms with Crippen molar-refractivity contribution < 1.29 is 9.18 Å². The molecule has 0 radical (unpaired) electrons. The minimum Gasteiger partial charge on any atom is -0.339 e. The highest BCUT2D eigenvalue weighted by Crippen LogP contribution is 2.28. The summed E-state index contributed by atoms with van der Waals surface area (Å²) in [7, 11) is 0. The van der Waals surface area contributed by atoms with Gasteiger partial charge in [-0.15, -0.1) is 10.2 Å². The van der Waals surface area contributed by atoms with Gasteiger partial charge in [-0.2, -0.15) is 0 Å². The number of amides is 1. The van der Waals surface area contributed by atoms with Gasteiger partial charge in [-0.25, -0.2) is 4.39 Å². The summed E-state index contributed by atoms with van der Waals surface area (Å²) < 4.78 is 13.9. The quantitative estimate of drug-likeness (QED) is 0.813. The maximum Gasteiger partial charge on any atom is 0.233 e. The van der Waals surface area contributed by atoms with E-state index in [1.165, 1.54) is 41.7 Å². The van der Waals surface area contributed by atoms with Crippen molar-refractivity contribution in [2.75, 3.05) is 17.6 Å². The summed E-state index contributed by atoms with van der Waals surface area (Å²) in [4.78, 5) is 14.3. The standard InChI is InChI=1S/C16H19FN4OS2/c1-11-5-2-3-8-21(11)14(22)10-23-16-20-19-15(24-16)18-13-7-4-6-12(17)9-13/h4,6-7,9,11H,2-3,5,8,10H2,1H3,(H,18,19)/t11-/m0/s1. The number of benzene rings is 1. The molecule has 8 heteroatoms. The van der Waals surface area contributed by atoms with Gasteiger partial charge >= 0.3 is 0 Å². The summed E-state index contributed by atoms with van der Waals surface area (Å²) >= 11 is 2.76. The molecule has 1 saturated heterocycles. The van der Waals surface area contributed by atoms with Crippen LogP contribution < -0.4 is 5.32 Å². The molecule has 24 heavy (non-hydrogen) atoms. The van der Waals surface area contributed by atoms with E-state index in [4.69, 9.17) is 0 Å². The lowest BCUT2D eigenvalue weighted by Crippen LogP contribution is -2.42. The van der Waals surface area contributed by atoms with Gasteiger partial charge in [0.15, 0.2) is 4.34 Å². The van der Waals surface area contributed by atoms with Crippen LogP contribution in [0.3, 0.4) is 0 Å². The first kappa shape index (κ1) is 17.2. The monoisotopic (exact) mass is 366 g/mol. The molecule has 0 unspecified atom stereocenters. The van der Waals surface area contributed by atoms with Gasteiger partial charge in [0, 0.05) is 18.3 Å². The Morgan fingerprint density at radius 3 is 3.12 bits per heavy atom. The molecule has 1 amide bonds. The molecular formula is C16H19FN4OS2. The first-order valence-electron chi connectivity index (χ1n) is 7.90. The van der Waals surface area contributed by atoms with Crippen molar-refractivity contribution in [3.63, 3.8) is 0 Å². The molecule has 1 aliphatic rings. The number of hydrogen-bond acceptors (Lipinski definition) is 6. The lowest BCUT2D eigenvalue weighted by atomic mass is 10.0. The van der Waals surface area contributed by atoms with Crippen LogP contribution in [-0.4, -0.2) is 39.3 Å². The lowest BCUT2D eigenvalue weighted by Gasteiger charge is -2.33. The van der Waals surface area contributed by atoms with Crippen LogP contribution in [0, 0.1) is 5.82 Å². The number of carbonyl (C=O) groups excluding carboxylic acids is 1. The van der Waals surface area contributed by atoms with Gasteiger partial charge in [0.25, 0.3) is 0 Å². The maximum absolute atomic E-state index is 13.2. The van der Waals surface area contributed by atoms with Crippen molar-refractivity contribution in [1.29, 1.82) is 0 Å². The smallest absolute Gasteiger partial charge is 0.233 e. The molecule has 5 nitrogen and oxygen atoms in total. The second-order valence-corrected chi connectivity index (χ2v) is 7.93. The largest absolute Gasteiger partial charge is 0.339 e. The maximum atomic E-state index is 13.2. The van der Waals surface area contributed by atoms with Crippen molar-refractivity contribution >= 4 is 39.8 Å². The molecule has 1 fully saturated rings. The normalized spacial score (nSPS) is 17.8.